The fourth-order valence-corrected chi connectivity index (χ4v) is 2.87. The van der Waals surface area contributed by atoms with Gasteiger partial charge in [-0.25, -0.2) is 0 Å². The Morgan fingerprint density at radius 1 is 0.909 bits per heavy atom. The lowest BCUT2D eigenvalue weighted by atomic mass is 10.0. The van der Waals surface area contributed by atoms with Gasteiger partial charge in [-0.05, 0) is 37.1 Å². The van der Waals surface area contributed by atoms with E-state index in [1.54, 1.807) is 0 Å². The summed E-state index contributed by atoms with van der Waals surface area (Å²) in [5, 5.41) is 3.22. The highest BCUT2D eigenvalue weighted by atomic mass is 16.2. The van der Waals surface area contributed by atoms with Gasteiger partial charge in [-0.1, -0.05) is 42.5 Å². The van der Waals surface area contributed by atoms with Gasteiger partial charge in [-0.15, -0.1) is 0 Å². The quantitative estimate of drug-likeness (QED) is 0.920. The van der Waals surface area contributed by atoms with Crippen molar-refractivity contribution in [3.05, 3.63) is 71.3 Å². The molecule has 2 aromatic carbocycles. The molecule has 0 saturated heterocycles. The average Bonchev–Trinajstić information content (AvgIpc) is 2.67. The minimum atomic E-state index is 0.0707. The van der Waals surface area contributed by atoms with Crippen molar-refractivity contribution >= 4 is 17.3 Å². The van der Waals surface area contributed by atoms with Crippen LogP contribution < -0.4 is 10.2 Å². The molecule has 3 heteroatoms. The van der Waals surface area contributed by atoms with E-state index >= 15 is 0 Å². The first kappa shape index (κ1) is 14.5. The van der Waals surface area contributed by atoms with Gasteiger partial charge in [0.15, 0.2) is 0 Å². The zero-order valence-electron chi connectivity index (χ0n) is 13.0. The molecular formula is C19H20N2O. The summed E-state index contributed by atoms with van der Waals surface area (Å²) in [6.07, 6.45) is 0. The first-order valence-electron chi connectivity index (χ1n) is 7.53. The standard InChI is InChI=1S/C19H20N2O/c1-14-8-6-7-11-17(14)19-15(2)12-20-13-18(22)21(19)16-9-4-3-5-10-16/h3-11,20H,12-13H2,1-2H3. The number of carbonyl (C=O) groups excluding carboxylic acids is 1. The number of nitrogens with one attached hydrogen (secondary N) is 1. The minimum Gasteiger partial charge on any atom is -0.305 e. The third kappa shape index (κ3) is 2.68. The van der Waals surface area contributed by atoms with Gasteiger partial charge in [0.2, 0.25) is 5.91 Å². The van der Waals surface area contributed by atoms with E-state index in [9.17, 15) is 4.79 Å². The largest absolute Gasteiger partial charge is 0.305 e. The van der Waals surface area contributed by atoms with Crippen LogP contribution in [-0.4, -0.2) is 19.0 Å². The van der Waals surface area contributed by atoms with E-state index in [2.05, 4.69) is 31.3 Å². The van der Waals surface area contributed by atoms with E-state index in [1.807, 2.05) is 47.4 Å². The number of benzene rings is 2. The van der Waals surface area contributed by atoms with Crippen molar-refractivity contribution in [2.75, 3.05) is 18.0 Å². The van der Waals surface area contributed by atoms with Crippen LogP contribution in [0.3, 0.4) is 0 Å². The van der Waals surface area contributed by atoms with Gasteiger partial charge in [0.05, 0.1) is 12.2 Å². The maximum Gasteiger partial charge on any atom is 0.245 e. The molecule has 1 amide bonds. The molecule has 0 saturated carbocycles. The molecule has 0 spiro atoms. The third-order valence-corrected chi connectivity index (χ3v) is 3.96. The Morgan fingerprint density at radius 2 is 1.59 bits per heavy atom. The second-order valence-electron chi connectivity index (χ2n) is 5.61. The summed E-state index contributed by atoms with van der Waals surface area (Å²) in [4.78, 5) is 14.5. The summed E-state index contributed by atoms with van der Waals surface area (Å²) >= 11 is 0. The van der Waals surface area contributed by atoms with Crippen LogP contribution in [0.1, 0.15) is 18.1 Å². The molecular weight excluding hydrogens is 272 g/mol. The lowest BCUT2D eigenvalue weighted by Gasteiger charge is -2.26. The van der Waals surface area contributed by atoms with Gasteiger partial charge < -0.3 is 5.32 Å². The second-order valence-corrected chi connectivity index (χ2v) is 5.61. The molecule has 0 radical (unpaired) electrons. The molecule has 3 nitrogen and oxygen atoms in total. The fourth-order valence-electron chi connectivity index (χ4n) is 2.87. The van der Waals surface area contributed by atoms with Crippen molar-refractivity contribution in [3.8, 4) is 0 Å². The second kappa shape index (κ2) is 6.16. The lowest BCUT2D eigenvalue weighted by molar-refractivity contribution is -0.116. The Labute approximate surface area is 131 Å². The fraction of sp³-hybridized carbons (Fsp3) is 0.211. The topological polar surface area (TPSA) is 32.3 Å². The molecule has 0 fully saturated rings. The molecule has 0 atom stereocenters. The predicted octanol–water partition coefficient (Wildman–Crippen LogP) is 3.36. The van der Waals surface area contributed by atoms with Crippen molar-refractivity contribution in [1.82, 2.24) is 5.32 Å². The number of carbonyl (C=O) groups is 1. The van der Waals surface area contributed by atoms with Gasteiger partial charge in [0.25, 0.3) is 0 Å². The van der Waals surface area contributed by atoms with Gasteiger partial charge in [-0.2, -0.15) is 0 Å². The SMILES string of the molecule is CC1=C(c2ccccc2C)N(c2ccccc2)C(=O)CNC1. The maximum absolute atomic E-state index is 12.7. The highest BCUT2D eigenvalue weighted by Gasteiger charge is 2.26. The van der Waals surface area contributed by atoms with Crippen molar-refractivity contribution in [1.29, 1.82) is 0 Å². The van der Waals surface area contributed by atoms with Gasteiger partial charge in [-0.3, -0.25) is 9.69 Å². The van der Waals surface area contributed by atoms with E-state index in [1.165, 1.54) is 11.1 Å². The number of aryl methyl sites for hydroxylation is 1. The highest BCUT2D eigenvalue weighted by molar-refractivity contribution is 6.08. The molecule has 1 heterocycles. The highest BCUT2D eigenvalue weighted by Crippen LogP contribution is 2.31. The number of hydrogen-bond donors (Lipinski definition) is 1. The van der Waals surface area contributed by atoms with Gasteiger partial charge >= 0.3 is 0 Å². The van der Waals surface area contributed by atoms with E-state index in [0.29, 0.717) is 6.54 Å². The lowest BCUT2D eigenvalue weighted by Crippen LogP contribution is -2.34. The normalized spacial score (nSPS) is 15.9. The Hall–Kier alpha value is -2.39. The predicted molar refractivity (Wildman–Crippen MR) is 90.6 cm³/mol. The van der Waals surface area contributed by atoms with Crippen LogP contribution in [0.15, 0.2) is 60.2 Å². The van der Waals surface area contributed by atoms with Crippen molar-refractivity contribution in [2.24, 2.45) is 0 Å². The number of anilines is 1. The minimum absolute atomic E-state index is 0.0707. The van der Waals surface area contributed by atoms with Crippen LogP contribution in [0.5, 0.6) is 0 Å². The first-order chi connectivity index (χ1) is 10.7. The zero-order valence-corrected chi connectivity index (χ0v) is 13.0. The molecule has 0 bridgehead atoms. The van der Waals surface area contributed by atoms with Crippen LogP contribution in [0, 0.1) is 6.92 Å². The summed E-state index contributed by atoms with van der Waals surface area (Å²) in [6, 6.07) is 18.1. The Kier molecular flexibility index (Phi) is 4.07. The number of rotatable bonds is 2. The average molecular weight is 292 g/mol. The summed E-state index contributed by atoms with van der Waals surface area (Å²) in [6.45, 7) is 5.24. The van der Waals surface area contributed by atoms with Crippen molar-refractivity contribution < 1.29 is 4.79 Å². The Morgan fingerprint density at radius 3 is 2.32 bits per heavy atom. The van der Waals surface area contributed by atoms with E-state index < -0.39 is 0 Å². The number of amides is 1. The van der Waals surface area contributed by atoms with Crippen LogP contribution >= 0.6 is 0 Å². The smallest absolute Gasteiger partial charge is 0.245 e. The van der Waals surface area contributed by atoms with Crippen LogP contribution in [0.2, 0.25) is 0 Å². The molecule has 112 valence electrons. The van der Waals surface area contributed by atoms with E-state index in [-0.39, 0.29) is 5.91 Å². The molecule has 0 aliphatic carbocycles. The molecule has 0 unspecified atom stereocenters. The van der Waals surface area contributed by atoms with E-state index in [0.717, 1.165) is 23.5 Å². The number of para-hydroxylation sites is 1. The maximum atomic E-state index is 12.7. The molecule has 1 N–H and O–H groups in total. The summed E-state index contributed by atoms with van der Waals surface area (Å²) in [5.41, 5.74) is 5.37. The van der Waals surface area contributed by atoms with Crippen LogP contribution in [0.25, 0.3) is 5.70 Å². The van der Waals surface area contributed by atoms with Crippen molar-refractivity contribution in [2.45, 2.75) is 13.8 Å². The molecule has 1 aliphatic heterocycles. The number of nitrogens with zero attached hydrogens (tertiary/aromatic N) is 1. The monoisotopic (exact) mass is 292 g/mol. The van der Waals surface area contributed by atoms with Crippen molar-refractivity contribution in [3.63, 3.8) is 0 Å². The first-order valence-corrected chi connectivity index (χ1v) is 7.53. The van der Waals surface area contributed by atoms with E-state index in [4.69, 9.17) is 0 Å². The third-order valence-electron chi connectivity index (χ3n) is 3.96. The molecule has 2 aromatic rings. The Bertz CT molecular complexity index is 719. The van der Waals surface area contributed by atoms with Gasteiger partial charge in [0, 0.05) is 17.8 Å². The van der Waals surface area contributed by atoms with Crippen LogP contribution in [-0.2, 0) is 4.79 Å². The van der Waals surface area contributed by atoms with Gasteiger partial charge in [0.1, 0.15) is 0 Å². The summed E-state index contributed by atoms with van der Waals surface area (Å²) < 4.78 is 0. The molecule has 1 aliphatic rings. The molecule has 22 heavy (non-hydrogen) atoms. The number of hydrogen-bond acceptors (Lipinski definition) is 2. The Balaban J connectivity index is 2.20. The van der Waals surface area contributed by atoms with Crippen LogP contribution in [0.4, 0.5) is 5.69 Å². The summed E-state index contributed by atoms with van der Waals surface area (Å²) in [5.74, 6) is 0.0707. The summed E-state index contributed by atoms with van der Waals surface area (Å²) in [7, 11) is 0. The zero-order chi connectivity index (χ0) is 15.5. The molecule has 3 rings (SSSR count). The molecule has 0 aromatic heterocycles.